The van der Waals surface area contributed by atoms with Gasteiger partial charge in [0.15, 0.2) is 0 Å². The van der Waals surface area contributed by atoms with Gasteiger partial charge in [-0.25, -0.2) is 10.4 Å². The summed E-state index contributed by atoms with van der Waals surface area (Å²) in [6.45, 7) is 2.61. The van der Waals surface area contributed by atoms with E-state index >= 15 is 0 Å². The van der Waals surface area contributed by atoms with Crippen LogP contribution in [0.2, 0.25) is 5.15 Å². The number of nitrogens with zero attached hydrogens (tertiary/aromatic N) is 3. The van der Waals surface area contributed by atoms with Crippen LogP contribution >= 0.6 is 11.6 Å². The summed E-state index contributed by atoms with van der Waals surface area (Å²) in [4.78, 5) is 14.1. The fourth-order valence-corrected chi connectivity index (χ4v) is 1.54. The first-order valence-electron chi connectivity index (χ1n) is 5.44. The number of hydrazine groups is 1. The monoisotopic (exact) mass is 270 g/mol. The van der Waals surface area contributed by atoms with Crippen molar-refractivity contribution in [3.8, 4) is 0 Å². The van der Waals surface area contributed by atoms with Gasteiger partial charge in [0.2, 0.25) is 0 Å². The van der Waals surface area contributed by atoms with Gasteiger partial charge in [0.1, 0.15) is 10.9 Å². The minimum absolute atomic E-state index is 0.401. The lowest BCUT2D eigenvalue weighted by Crippen LogP contribution is -2.34. The average Bonchev–Trinajstić information content (AvgIpc) is 2.31. The standard InChI is InChI=1S/C11H15ClN4O2/c1-3-14-15(2)10(8-16(17)18)6-9-4-5-11(12)13-7-9/h4-5,7-8,14H,3,6H2,1-2H3. The minimum atomic E-state index is -0.466. The van der Waals surface area contributed by atoms with Crippen LogP contribution in [0.3, 0.4) is 0 Å². The summed E-state index contributed by atoms with van der Waals surface area (Å²) < 4.78 is 0. The maximum Gasteiger partial charge on any atom is 0.255 e. The van der Waals surface area contributed by atoms with Crippen LogP contribution < -0.4 is 5.43 Å². The molecule has 0 aliphatic rings. The highest BCUT2D eigenvalue weighted by molar-refractivity contribution is 6.29. The molecule has 6 nitrogen and oxygen atoms in total. The van der Waals surface area contributed by atoms with Crippen molar-refractivity contribution >= 4 is 11.6 Å². The van der Waals surface area contributed by atoms with Gasteiger partial charge in [-0.05, 0) is 11.6 Å². The van der Waals surface area contributed by atoms with Gasteiger partial charge in [0, 0.05) is 26.2 Å². The SMILES string of the molecule is CCNN(C)C(=C[N+](=O)[O-])Cc1ccc(Cl)nc1. The van der Waals surface area contributed by atoms with E-state index in [1.807, 2.05) is 6.92 Å². The van der Waals surface area contributed by atoms with E-state index < -0.39 is 4.92 Å². The van der Waals surface area contributed by atoms with Crippen molar-refractivity contribution in [1.29, 1.82) is 0 Å². The summed E-state index contributed by atoms with van der Waals surface area (Å²) in [5, 5.41) is 12.6. The molecule has 1 aromatic rings. The van der Waals surface area contributed by atoms with Crippen molar-refractivity contribution in [2.45, 2.75) is 13.3 Å². The summed E-state index contributed by atoms with van der Waals surface area (Å²) in [6, 6.07) is 3.46. The van der Waals surface area contributed by atoms with Crippen molar-refractivity contribution in [1.82, 2.24) is 15.4 Å². The normalized spacial score (nSPS) is 11.4. The lowest BCUT2D eigenvalue weighted by molar-refractivity contribution is -0.404. The molecule has 0 unspecified atom stereocenters. The smallest absolute Gasteiger partial charge is 0.255 e. The maximum atomic E-state index is 10.6. The molecular formula is C11H15ClN4O2. The van der Waals surface area contributed by atoms with Crippen LogP contribution in [0.5, 0.6) is 0 Å². The van der Waals surface area contributed by atoms with Crippen LogP contribution in [0.1, 0.15) is 12.5 Å². The van der Waals surface area contributed by atoms with Crippen LogP contribution in [-0.4, -0.2) is 28.5 Å². The maximum absolute atomic E-state index is 10.6. The molecule has 0 fully saturated rings. The fraction of sp³-hybridized carbons (Fsp3) is 0.364. The first-order chi connectivity index (χ1) is 8.52. The quantitative estimate of drug-likeness (QED) is 0.485. The van der Waals surface area contributed by atoms with E-state index in [9.17, 15) is 10.1 Å². The molecule has 1 rings (SSSR count). The highest BCUT2D eigenvalue weighted by Gasteiger charge is 2.10. The molecule has 0 spiro atoms. The number of hydrogen-bond acceptors (Lipinski definition) is 5. The van der Waals surface area contributed by atoms with Crippen LogP contribution in [0.4, 0.5) is 0 Å². The molecule has 0 atom stereocenters. The second-order valence-corrected chi connectivity index (χ2v) is 4.03. The molecule has 1 N–H and O–H groups in total. The lowest BCUT2D eigenvalue weighted by atomic mass is 10.1. The number of pyridine rings is 1. The Morgan fingerprint density at radius 3 is 2.89 bits per heavy atom. The zero-order chi connectivity index (χ0) is 13.5. The van der Waals surface area contributed by atoms with E-state index in [-0.39, 0.29) is 0 Å². The Morgan fingerprint density at radius 2 is 2.39 bits per heavy atom. The van der Waals surface area contributed by atoms with Crippen molar-refractivity contribution in [3.63, 3.8) is 0 Å². The van der Waals surface area contributed by atoms with E-state index in [4.69, 9.17) is 11.6 Å². The summed E-state index contributed by atoms with van der Waals surface area (Å²) in [7, 11) is 1.74. The predicted octanol–water partition coefficient (Wildman–Crippen LogP) is 1.85. The molecular weight excluding hydrogens is 256 g/mol. The van der Waals surface area contributed by atoms with Gasteiger partial charge in [-0.3, -0.25) is 10.1 Å². The Labute approximate surface area is 110 Å². The number of rotatable bonds is 6. The molecule has 98 valence electrons. The molecule has 0 bridgehead atoms. The van der Waals surface area contributed by atoms with Crippen molar-refractivity contribution in [2.75, 3.05) is 13.6 Å². The Kier molecular flexibility index (Phi) is 5.54. The average molecular weight is 271 g/mol. The third-order valence-corrected chi connectivity index (χ3v) is 2.48. The number of nitrogens with one attached hydrogen (secondary N) is 1. The zero-order valence-electron chi connectivity index (χ0n) is 10.3. The second kappa shape index (κ2) is 6.93. The highest BCUT2D eigenvalue weighted by Crippen LogP contribution is 2.11. The van der Waals surface area contributed by atoms with Crippen LogP contribution in [-0.2, 0) is 6.42 Å². The summed E-state index contributed by atoms with van der Waals surface area (Å²) in [5.41, 5.74) is 4.40. The van der Waals surface area contributed by atoms with Crippen LogP contribution in [0.25, 0.3) is 0 Å². The molecule has 0 amide bonds. The topological polar surface area (TPSA) is 71.3 Å². The van der Waals surface area contributed by atoms with Gasteiger partial charge < -0.3 is 5.01 Å². The third kappa shape index (κ3) is 4.68. The Hall–Kier alpha value is -1.66. The number of aromatic nitrogens is 1. The van der Waals surface area contributed by atoms with Gasteiger partial charge >= 0.3 is 0 Å². The molecule has 0 saturated heterocycles. The Morgan fingerprint density at radius 1 is 1.67 bits per heavy atom. The molecule has 18 heavy (non-hydrogen) atoms. The summed E-state index contributed by atoms with van der Waals surface area (Å²) in [5.74, 6) is 0. The Balaban J connectivity index is 2.84. The number of nitro groups is 1. The molecule has 7 heteroatoms. The van der Waals surface area contributed by atoms with Crippen molar-refractivity contribution in [3.05, 3.63) is 51.1 Å². The summed E-state index contributed by atoms with van der Waals surface area (Å²) >= 11 is 5.69. The number of hydrogen-bond donors (Lipinski definition) is 1. The van der Waals surface area contributed by atoms with Crippen LogP contribution in [0, 0.1) is 10.1 Å². The van der Waals surface area contributed by atoms with E-state index in [1.165, 1.54) is 0 Å². The highest BCUT2D eigenvalue weighted by atomic mass is 35.5. The van der Waals surface area contributed by atoms with Crippen molar-refractivity contribution in [2.24, 2.45) is 0 Å². The molecule has 0 aromatic carbocycles. The lowest BCUT2D eigenvalue weighted by Gasteiger charge is -2.20. The molecule has 0 aliphatic heterocycles. The van der Waals surface area contributed by atoms with E-state index in [0.717, 1.165) is 11.8 Å². The molecule has 0 aliphatic carbocycles. The third-order valence-electron chi connectivity index (χ3n) is 2.25. The molecule has 1 aromatic heterocycles. The van der Waals surface area contributed by atoms with Gasteiger partial charge in [-0.15, -0.1) is 0 Å². The molecule has 0 radical (unpaired) electrons. The van der Waals surface area contributed by atoms with Gasteiger partial charge in [-0.2, -0.15) is 0 Å². The number of likely N-dealkylation sites (N-methyl/N-ethyl adjacent to an activating group) is 1. The van der Waals surface area contributed by atoms with E-state index in [2.05, 4.69) is 10.4 Å². The zero-order valence-corrected chi connectivity index (χ0v) is 11.0. The van der Waals surface area contributed by atoms with Crippen molar-refractivity contribution < 1.29 is 4.92 Å². The van der Waals surface area contributed by atoms with Gasteiger partial charge in [-0.1, -0.05) is 24.6 Å². The largest absolute Gasteiger partial charge is 0.309 e. The van der Waals surface area contributed by atoms with Crippen LogP contribution in [0.15, 0.2) is 30.2 Å². The molecule has 0 saturated carbocycles. The predicted molar refractivity (Wildman–Crippen MR) is 69.5 cm³/mol. The first kappa shape index (κ1) is 14.4. The Bertz CT molecular complexity index is 433. The van der Waals surface area contributed by atoms with Gasteiger partial charge in [0.05, 0.1) is 4.92 Å². The van der Waals surface area contributed by atoms with Gasteiger partial charge in [0.25, 0.3) is 6.20 Å². The number of halogens is 1. The van der Waals surface area contributed by atoms with E-state index in [0.29, 0.717) is 23.8 Å². The van der Waals surface area contributed by atoms with E-state index in [1.54, 1.807) is 30.4 Å². The molecule has 1 heterocycles. The first-order valence-corrected chi connectivity index (χ1v) is 5.82. The minimum Gasteiger partial charge on any atom is -0.309 e. The fourth-order valence-electron chi connectivity index (χ4n) is 1.43. The summed E-state index contributed by atoms with van der Waals surface area (Å²) in [6.07, 6.45) is 3.00. The number of allylic oxidation sites excluding steroid dienone is 1. The second-order valence-electron chi connectivity index (χ2n) is 3.64.